The minimum absolute atomic E-state index is 0.0157. The number of nitro benzene ring substituents is 1. The standard InChI is InChI=1S/C15H24N2O3/c1-5-13(6-2)20-15-9-12(10-16-11(3)4)7-8-14(15)17(18)19/h7-9,11,13,16H,5-6,10H2,1-4H3. The molecule has 1 aromatic carbocycles. The molecule has 20 heavy (non-hydrogen) atoms. The van der Waals surface area contributed by atoms with Gasteiger partial charge in [0.2, 0.25) is 0 Å². The number of hydrogen-bond donors (Lipinski definition) is 1. The van der Waals surface area contributed by atoms with E-state index in [0.29, 0.717) is 18.3 Å². The Kier molecular flexibility index (Phi) is 6.45. The van der Waals surface area contributed by atoms with Crippen LogP contribution in [0.5, 0.6) is 5.75 Å². The van der Waals surface area contributed by atoms with Crippen molar-refractivity contribution in [2.24, 2.45) is 0 Å². The van der Waals surface area contributed by atoms with Crippen LogP contribution >= 0.6 is 0 Å². The van der Waals surface area contributed by atoms with Crippen LogP contribution < -0.4 is 10.1 Å². The number of nitro groups is 1. The summed E-state index contributed by atoms with van der Waals surface area (Å²) in [6.45, 7) is 8.84. The molecule has 0 unspecified atom stereocenters. The molecule has 0 aliphatic rings. The van der Waals surface area contributed by atoms with Crippen LogP contribution in [-0.2, 0) is 6.54 Å². The maximum atomic E-state index is 11.1. The summed E-state index contributed by atoms with van der Waals surface area (Å²) in [6, 6.07) is 5.43. The van der Waals surface area contributed by atoms with Crippen molar-refractivity contribution in [1.29, 1.82) is 0 Å². The summed E-state index contributed by atoms with van der Waals surface area (Å²) in [5, 5.41) is 14.4. The van der Waals surface area contributed by atoms with Gasteiger partial charge in [-0.15, -0.1) is 0 Å². The van der Waals surface area contributed by atoms with Crippen LogP contribution in [0.25, 0.3) is 0 Å². The van der Waals surface area contributed by atoms with E-state index in [0.717, 1.165) is 18.4 Å². The summed E-state index contributed by atoms with van der Waals surface area (Å²) >= 11 is 0. The number of hydrogen-bond acceptors (Lipinski definition) is 4. The molecule has 0 saturated carbocycles. The molecule has 0 aliphatic heterocycles. The highest BCUT2D eigenvalue weighted by atomic mass is 16.6. The molecular formula is C15H24N2O3. The van der Waals surface area contributed by atoms with E-state index in [-0.39, 0.29) is 11.8 Å². The molecule has 0 spiro atoms. The van der Waals surface area contributed by atoms with Gasteiger partial charge >= 0.3 is 5.69 Å². The van der Waals surface area contributed by atoms with Crippen molar-refractivity contribution in [2.75, 3.05) is 0 Å². The van der Waals surface area contributed by atoms with E-state index in [4.69, 9.17) is 4.74 Å². The first kappa shape index (κ1) is 16.4. The molecule has 0 saturated heterocycles. The van der Waals surface area contributed by atoms with Crippen molar-refractivity contribution >= 4 is 5.69 Å². The molecule has 0 radical (unpaired) electrons. The fourth-order valence-corrected chi connectivity index (χ4v) is 1.87. The Morgan fingerprint density at radius 1 is 1.30 bits per heavy atom. The lowest BCUT2D eigenvalue weighted by atomic mass is 10.1. The lowest BCUT2D eigenvalue weighted by Gasteiger charge is -2.16. The topological polar surface area (TPSA) is 64.4 Å². The molecule has 5 heteroatoms. The molecule has 1 aromatic rings. The van der Waals surface area contributed by atoms with Gasteiger partial charge in [-0.25, -0.2) is 0 Å². The lowest BCUT2D eigenvalue weighted by Crippen LogP contribution is -2.22. The Morgan fingerprint density at radius 2 is 1.95 bits per heavy atom. The van der Waals surface area contributed by atoms with Crippen molar-refractivity contribution in [1.82, 2.24) is 5.32 Å². The normalized spacial score (nSPS) is 11.1. The Hall–Kier alpha value is -1.62. The summed E-state index contributed by atoms with van der Waals surface area (Å²) in [5.41, 5.74) is 1.02. The fraction of sp³-hybridized carbons (Fsp3) is 0.600. The summed E-state index contributed by atoms with van der Waals surface area (Å²) in [4.78, 5) is 10.7. The Morgan fingerprint density at radius 3 is 2.45 bits per heavy atom. The number of rotatable bonds is 8. The van der Waals surface area contributed by atoms with E-state index < -0.39 is 4.92 Å². The number of nitrogens with zero attached hydrogens (tertiary/aromatic N) is 1. The van der Waals surface area contributed by atoms with Crippen molar-refractivity contribution in [2.45, 2.75) is 59.2 Å². The van der Waals surface area contributed by atoms with Gasteiger partial charge in [0, 0.05) is 18.7 Å². The van der Waals surface area contributed by atoms with Gasteiger partial charge in [0.05, 0.1) is 11.0 Å². The second-order valence-corrected chi connectivity index (χ2v) is 5.15. The average Bonchev–Trinajstić information content (AvgIpc) is 2.42. The molecular weight excluding hydrogens is 256 g/mol. The van der Waals surface area contributed by atoms with E-state index in [2.05, 4.69) is 19.2 Å². The van der Waals surface area contributed by atoms with Crippen LogP contribution in [0.15, 0.2) is 18.2 Å². The zero-order valence-electron chi connectivity index (χ0n) is 12.7. The van der Waals surface area contributed by atoms with Crippen molar-refractivity contribution in [3.05, 3.63) is 33.9 Å². The molecule has 112 valence electrons. The SMILES string of the molecule is CCC(CC)Oc1cc(CNC(C)C)ccc1[N+](=O)[O-]. The molecule has 0 aliphatic carbocycles. The van der Waals surface area contributed by atoms with Gasteiger partial charge in [-0.05, 0) is 24.5 Å². The van der Waals surface area contributed by atoms with Gasteiger partial charge in [-0.2, -0.15) is 0 Å². The molecule has 0 fully saturated rings. The third kappa shape index (κ3) is 4.81. The molecule has 0 bridgehead atoms. The summed E-state index contributed by atoms with van der Waals surface area (Å²) < 4.78 is 5.78. The van der Waals surface area contributed by atoms with E-state index >= 15 is 0 Å². The molecule has 5 nitrogen and oxygen atoms in total. The van der Waals surface area contributed by atoms with Crippen LogP contribution in [0.2, 0.25) is 0 Å². The summed E-state index contributed by atoms with van der Waals surface area (Å²) in [5.74, 6) is 0.367. The van der Waals surface area contributed by atoms with Crippen molar-refractivity contribution < 1.29 is 9.66 Å². The van der Waals surface area contributed by atoms with Crippen molar-refractivity contribution in [3.8, 4) is 5.75 Å². The predicted octanol–water partition coefficient (Wildman–Crippen LogP) is 3.66. The quantitative estimate of drug-likeness (QED) is 0.583. The molecule has 0 heterocycles. The van der Waals surface area contributed by atoms with E-state index in [9.17, 15) is 10.1 Å². The zero-order chi connectivity index (χ0) is 15.1. The Balaban J connectivity index is 2.96. The second kappa shape index (κ2) is 7.85. The van der Waals surface area contributed by atoms with Gasteiger partial charge in [0.1, 0.15) is 0 Å². The number of nitrogens with one attached hydrogen (secondary N) is 1. The van der Waals surface area contributed by atoms with E-state index in [1.165, 1.54) is 6.07 Å². The number of benzene rings is 1. The van der Waals surface area contributed by atoms with Crippen molar-refractivity contribution in [3.63, 3.8) is 0 Å². The smallest absolute Gasteiger partial charge is 0.310 e. The minimum atomic E-state index is -0.392. The Labute approximate surface area is 120 Å². The molecule has 1 rings (SSSR count). The highest BCUT2D eigenvalue weighted by Crippen LogP contribution is 2.29. The first-order valence-corrected chi connectivity index (χ1v) is 7.15. The van der Waals surface area contributed by atoms with Crippen LogP contribution in [0.4, 0.5) is 5.69 Å². The van der Waals surface area contributed by atoms with E-state index in [1.54, 1.807) is 12.1 Å². The van der Waals surface area contributed by atoms with Gasteiger partial charge in [-0.1, -0.05) is 33.8 Å². The highest BCUT2D eigenvalue weighted by molar-refractivity contribution is 5.48. The summed E-state index contributed by atoms with van der Waals surface area (Å²) in [7, 11) is 0. The third-order valence-corrected chi connectivity index (χ3v) is 3.14. The largest absolute Gasteiger partial charge is 0.484 e. The average molecular weight is 280 g/mol. The molecule has 0 atom stereocenters. The third-order valence-electron chi connectivity index (χ3n) is 3.14. The van der Waals surface area contributed by atoms with Gasteiger partial charge < -0.3 is 10.1 Å². The molecule has 0 amide bonds. The van der Waals surface area contributed by atoms with Crippen LogP contribution in [0.3, 0.4) is 0 Å². The first-order valence-electron chi connectivity index (χ1n) is 7.15. The maximum Gasteiger partial charge on any atom is 0.310 e. The van der Waals surface area contributed by atoms with Gasteiger partial charge in [-0.3, -0.25) is 10.1 Å². The Bertz CT molecular complexity index is 443. The molecule has 1 N–H and O–H groups in total. The fourth-order valence-electron chi connectivity index (χ4n) is 1.87. The zero-order valence-corrected chi connectivity index (χ0v) is 12.7. The van der Waals surface area contributed by atoms with Crippen LogP contribution in [0.1, 0.15) is 46.1 Å². The van der Waals surface area contributed by atoms with Gasteiger partial charge in [0.25, 0.3) is 0 Å². The van der Waals surface area contributed by atoms with Gasteiger partial charge in [0.15, 0.2) is 5.75 Å². The first-order chi connectivity index (χ1) is 9.47. The van der Waals surface area contributed by atoms with E-state index in [1.807, 2.05) is 13.8 Å². The monoisotopic (exact) mass is 280 g/mol. The predicted molar refractivity (Wildman–Crippen MR) is 80.1 cm³/mol. The van der Waals surface area contributed by atoms with Crippen LogP contribution in [0, 0.1) is 10.1 Å². The number of ether oxygens (including phenoxy) is 1. The lowest BCUT2D eigenvalue weighted by molar-refractivity contribution is -0.386. The minimum Gasteiger partial charge on any atom is -0.484 e. The van der Waals surface area contributed by atoms with Crippen LogP contribution in [-0.4, -0.2) is 17.1 Å². The second-order valence-electron chi connectivity index (χ2n) is 5.15. The summed E-state index contributed by atoms with van der Waals surface area (Å²) in [6.07, 6.45) is 1.69. The highest BCUT2D eigenvalue weighted by Gasteiger charge is 2.18. The maximum absolute atomic E-state index is 11.1. The molecule has 0 aromatic heterocycles.